The van der Waals surface area contributed by atoms with Gasteiger partial charge in [-0.25, -0.2) is 0 Å². The molecule has 2 aromatic carbocycles. The predicted molar refractivity (Wildman–Crippen MR) is 87.7 cm³/mol. The molecule has 0 heterocycles. The van der Waals surface area contributed by atoms with Crippen LogP contribution in [-0.4, -0.2) is 0 Å². The van der Waals surface area contributed by atoms with Gasteiger partial charge in [0, 0.05) is 10.5 Å². The molecule has 0 amide bonds. The van der Waals surface area contributed by atoms with Crippen molar-refractivity contribution >= 4 is 25.3 Å². The molecule has 0 aliphatic heterocycles. The molecule has 0 aromatic heterocycles. The summed E-state index contributed by atoms with van der Waals surface area (Å²) in [6.07, 6.45) is 0. The Bertz CT molecular complexity index is 378. The van der Waals surface area contributed by atoms with Crippen LogP contribution in [0.3, 0.4) is 0 Å². The van der Waals surface area contributed by atoms with Gasteiger partial charge in [0.05, 0.1) is 0 Å². The summed E-state index contributed by atoms with van der Waals surface area (Å²) in [4.78, 5) is 0. The second kappa shape index (κ2) is 8.28. The molecule has 0 N–H and O–H groups in total. The number of rotatable bonds is 2. The minimum atomic E-state index is 0.353. The maximum Gasteiger partial charge on any atom is 0.0238 e. The highest BCUT2D eigenvalue weighted by Gasteiger charge is 1.95. The van der Waals surface area contributed by atoms with E-state index in [-0.39, 0.29) is 0 Å². The molecule has 0 aliphatic rings. The Labute approximate surface area is 121 Å². The molecule has 0 radical (unpaired) electrons. The van der Waals surface area contributed by atoms with Gasteiger partial charge < -0.3 is 0 Å². The first-order valence-corrected chi connectivity index (χ1v) is 7.10. The summed E-state index contributed by atoms with van der Waals surface area (Å²) in [5.74, 6) is 0. The smallest absolute Gasteiger partial charge is 0.0238 e. The number of hydrogen-bond acceptors (Lipinski definition) is 2. The van der Waals surface area contributed by atoms with Gasteiger partial charge in [-0.3, -0.25) is 0 Å². The highest BCUT2D eigenvalue weighted by atomic mass is 32.1. The molecule has 0 saturated heterocycles. The van der Waals surface area contributed by atoms with Crippen molar-refractivity contribution in [1.82, 2.24) is 0 Å². The zero-order valence-corrected chi connectivity index (χ0v) is 12.6. The molecular weight excluding hydrogens is 256 g/mol. The van der Waals surface area contributed by atoms with Gasteiger partial charge in [-0.15, -0.1) is 0 Å². The lowest BCUT2D eigenvalue weighted by atomic mass is 10.2. The lowest BCUT2D eigenvalue weighted by molar-refractivity contribution is 1.11. The van der Waals surface area contributed by atoms with Crippen LogP contribution in [-0.2, 0) is 0 Å². The maximum absolute atomic E-state index is 4.29. The van der Waals surface area contributed by atoms with Crippen LogP contribution in [0.15, 0.2) is 60.7 Å². The molecule has 0 aliphatic carbocycles. The second-order valence-electron chi connectivity index (χ2n) is 4.17. The molecule has 0 bridgehead atoms. The molecule has 2 atom stereocenters. The van der Waals surface area contributed by atoms with E-state index in [1.165, 1.54) is 11.1 Å². The van der Waals surface area contributed by atoms with Crippen molar-refractivity contribution < 1.29 is 0 Å². The van der Waals surface area contributed by atoms with E-state index in [0.29, 0.717) is 10.5 Å². The summed E-state index contributed by atoms with van der Waals surface area (Å²) in [6, 6.07) is 20.5. The Morgan fingerprint density at radius 3 is 1.06 bits per heavy atom. The molecule has 96 valence electrons. The fraction of sp³-hybridized carbons (Fsp3) is 0.250. The first-order chi connectivity index (χ1) is 8.61. The van der Waals surface area contributed by atoms with E-state index in [2.05, 4.69) is 63.4 Å². The van der Waals surface area contributed by atoms with Crippen molar-refractivity contribution in [3.63, 3.8) is 0 Å². The van der Waals surface area contributed by atoms with E-state index < -0.39 is 0 Å². The quantitative estimate of drug-likeness (QED) is 0.678. The van der Waals surface area contributed by atoms with Gasteiger partial charge in [0.25, 0.3) is 0 Å². The zero-order chi connectivity index (χ0) is 13.4. The number of hydrogen-bond donors (Lipinski definition) is 2. The van der Waals surface area contributed by atoms with Crippen molar-refractivity contribution in [3.05, 3.63) is 71.8 Å². The summed E-state index contributed by atoms with van der Waals surface area (Å²) in [6.45, 7) is 4.14. The number of thiol groups is 2. The van der Waals surface area contributed by atoms with Gasteiger partial charge in [0.15, 0.2) is 0 Å². The van der Waals surface area contributed by atoms with E-state index in [0.717, 1.165) is 0 Å². The molecule has 2 unspecified atom stereocenters. The Balaban J connectivity index is 0.000000180. The van der Waals surface area contributed by atoms with Crippen LogP contribution in [0, 0.1) is 0 Å². The molecule has 2 aromatic rings. The minimum Gasteiger partial charge on any atom is -0.171 e. The van der Waals surface area contributed by atoms with Gasteiger partial charge in [-0.2, -0.15) is 25.3 Å². The largest absolute Gasteiger partial charge is 0.171 e. The van der Waals surface area contributed by atoms with Crippen LogP contribution >= 0.6 is 25.3 Å². The fourth-order valence-electron chi connectivity index (χ4n) is 1.46. The normalized spacial score (nSPS) is 13.1. The topological polar surface area (TPSA) is 0 Å². The minimum absolute atomic E-state index is 0.353. The Morgan fingerprint density at radius 2 is 0.889 bits per heavy atom. The summed E-state index contributed by atoms with van der Waals surface area (Å²) in [5, 5.41) is 0.706. The summed E-state index contributed by atoms with van der Waals surface area (Å²) in [5.41, 5.74) is 2.56. The van der Waals surface area contributed by atoms with Crippen LogP contribution in [0.5, 0.6) is 0 Å². The summed E-state index contributed by atoms with van der Waals surface area (Å²) >= 11 is 8.58. The van der Waals surface area contributed by atoms with E-state index >= 15 is 0 Å². The first-order valence-electron chi connectivity index (χ1n) is 6.07. The summed E-state index contributed by atoms with van der Waals surface area (Å²) < 4.78 is 0. The SMILES string of the molecule is CC(S)c1ccccc1.CC(S)c1ccccc1. The lowest BCUT2D eigenvalue weighted by Crippen LogP contribution is -1.80. The van der Waals surface area contributed by atoms with Gasteiger partial charge in [-0.05, 0) is 25.0 Å². The van der Waals surface area contributed by atoms with Gasteiger partial charge in [0.2, 0.25) is 0 Å². The lowest BCUT2D eigenvalue weighted by Gasteiger charge is -2.00. The van der Waals surface area contributed by atoms with Crippen molar-refractivity contribution in [2.24, 2.45) is 0 Å². The number of benzene rings is 2. The molecule has 0 nitrogen and oxygen atoms in total. The summed E-state index contributed by atoms with van der Waals surface area (Å²) in [7, 11) is 0. The second-order valence-corrected chi connectivity index (χ2v) is 5.72. The van der Waals surface area contributed by atoms with Crippen molar-refractivity contribution in [2.75, 3.05) is 0 Å². The van der Waals surface area contributed by atoms with Crippen molar-refractivity contribution in [2.45, 2.75) is 24.3 Å². The fourth-order valence-corrected chi connectivity index (χ4v) is 1.81. The first kappa shape index (κ1) is 15.2. The molecule has 0 spiro atoms. The van der Waals surface area contributed by atoms with E-state index in [1.54, 1.807) is 0 Å². The van der Waals surface area contributed by atoms with E-state index in [4.69, 9.17) is 0 Å². The van der Waals surface area contributed by atoms with E-state index in [9.17, 15) is 0 Å². The average Bonchev–Trinajstić information content (AvgIpc) is 2.41. The highest BCUT2D eigenvalue weighted by molar-refractivity contribution is 7.80. The molecule has 2 heteroatoms. The monoisotopic (exact) mass is 276 g/mol. The maximum atomic E-state index is 4.29. The van der Waals surface area contributed by atoms with Crippen LogP contribution in [0.25, 0.3) is 0 Å². The van der Waals surface area contributed by atoms with Crippen LogP contribution in [0.1, 0.15) is 35.5 Å². The van der Waals surface area contributed by atoms with Gasteiger partial charge in [0.1, 0.15) is 0 Å². The predicted octanol–water partition coefficient (Wildman–Crippen LogP) is 5.35. The van der Waals surface area contributed by atoms with Crippen LogP contribution in [0.4, 0.5) is 0 Å². The Hall–Kier alpha value is -0.860. The third-order valence-corrected chi connectivity index (χ3v) is 3.16. The van der Waals surface area contributed by atoms with Crippen molar-refractivity contribution in [3.8, 4) is 0 Å². The zero-order valence-electron chi connectivity index (χ0n) is 10.8. The van der Waals surface area contributed by atoms with Crippen LogP contribution in [0.2, 0.25) is 0 Å². The van der Waals surface area contributed by atoms with Gasteiger partial charge in [-0.1, -0.05) is 60.7 Å². The molecule has 0 saturated carbocycles. The molecular formula is C16H20S2. The average molecular weight is 276 g/mol. The van der Waals surface area contributed by atoms with Crippen LogP contribution < -0.4 is 0 Å². The standard InChI is InChI=1S/2C8H10S/c2*1-7(9)8-5-3-2-4-6-8/h2*2-7,9H,1H3. The third kappa shape index (κ3) is 5.65. The van der Waals surface area contributed by atoms with Crippen molar-refractivity contribution in [1.29, 1.82) is 0 Å². The molecule has 0 fully saturated rings. The third-order valence-electron chi connectivity index (χ3n) is 2.56. The molecule has 18 heavy (non-hydrogen) atoms. The Morgan fingerprint density at radius 1 is 0.611 bits per heavy atom. The highest BCUT2D eigenvalue weighted by Crippen LogP contribution is 2.17. The van der Waals surface area contributed by atoms with Gasteiger partial charge >= 0.3 is 0 Å². The Kier molecular flexibility index (Phi) is 6.99. The molecule has 2 rings (SSSR count). The van der Waals surface area contributed by atoms with E-state index in [1.807, 2.05) is 36.4 Å².